The van der Waals surface area contributed by atoms with E-state index in [0.29, 0.717) is 17.9 Å². The quantitative estimate of drug-likeness (QED) is 0.467. The maximum atomic E-state index is 12.3. The van der Waals surface area contributed by atoms with E-state index < -0.39 is 0 Å². The number of likely N-dealkylation sites (tertiary alicyclic amines) is 1. The summed E-state index contributed by atoms with van der Waals surface area (Å²) >= 11 is 1.83. The summed E-state index contributed by atoms with van der Waals surface area (Å²) in [5.74, 6) is 1.08. The Kier molecular flexibility index (Phi) is 8.28. The summed E-state index contributed by atoms with van der Waals surface area (Å²) in [7, 11) is 3.95. The number of aryl methyl sites for hydroxylation is 1. The Morgan fingerprint density at radius 1 is 1.27 bits per heavy atom. The Labute approximate surface area is 183 Å². The standard InChI is InChI=1S/C23H33N5OS/c1-4-17-8-5-10-19(14-17)27-21(29)16-26-23(24-2)25-15-18-9-6-12-28(3)22(18)20-11-7-13-30-20/h5,7-8,10-11,13-14,18,22H,4,6,9,12,15-16H2,1-3H3,(H,27,29)(H2,24,25,26). The lowest BCUT2D eigenvalue weighted by molar-refractivity contribution is -0.115. The van der Waals surface area contributed by atoms with E-state index in [2.05, 4.69) is 63.4 Å². The van der Waals surface area contributed by atoms with Crippen LogP contribution in [0.1, 0.15) is 36.2 Å². The highest BCUT2D eigenvalue weighted by Gasteiger charge is 2.31. The number of aliphatic imine (C=N–C) groups is 1. The number of nitrogens with one attached hydrogen (secondary N) is 3. The van der Waals surface area contributed by atoms with Gasteiger partial charge in [-0.15, -0.1) is 11.3 Å². The number of rotatable bonds is 7. The first-order valence-electron chi connectivity index (χ1n) is 10.7. The first-order valence-corrected chi connectivity index (χ1v) is 11.6. The first-order chi connectivity index (χ1) is 14.6. The fraction of sp³-hybridized carbons (Fsp3) is 0.478. The van der Waals surface area contributed by atoms with Crippen molar-refractivity contribution in [2.24, 2.45) is 10.9 Å². The van der Waals surface area contributed by atoms with Crippen molar-refractivity contribution in [1.82, 2.24) is 15.5 Å². The molecule has 30 heavy (non-hydrogen) atoms. The number of carbonyl (C=O) groups excluding carboxylic acids is 1. The van der Waals surface area contributed by atoms with E-state index in [9.17, 15) is 4.79 Å². The number of hydrogen-bond acceptors (Lipinski definition) is 4. The topological polar surface area (TPSA) is 68.8 Å². The minimum atomic E-state index is -0.0833. The molecule has 1 saturated heterocycles. The van der Waals surface area contributed by atoms with Crippen molar-refractivity contribution in [3.05, 3.63) is 52.2 Å². The molecule has 2 aromatic rings. The van der Waals surface area contributed by atoms with Gasteiger partial charge < -0.3 is 16.0 Å². The highest BCUT2D eigenvalue weighted by Crippen LogP contribution is 2.36. The molecule has 1 fully saturated rings. The van der Waals surface area contributed by atoms with Crippen LogP contribution in [0.25, 0.3) is 0 Å². The summed E-state index contributed by atoms with van der Waals surface area (Å²) in [4.78, 5) is 20.5. The van der Waals surface area contributed by atoms with Gasteiger partial charge in [0.25, 0.3) is 0 Å². The molecule has 0 spiro atoms. The van der Waals surface area contributed by atoms with E-state index in [4.69, 9.17) is 0 Å². The van der Waals surface area contributed by atoms with Gasteiger partial charge in [0, 0.05) is 30.2 Å². The fourth-order valence-electron chi connectivity index (χ4n) is 4.07. The van der Waals surface area contributed by atoms with Crippen molar-refractivity contribution in [2.75, 3.05) is 39.0 Å². The van der Waals surface area contributed by atoms with E-state index >= 15 is 0 Å². The molecule has 0 radical (unpaired) electrons. The van der Waals surface area contributed by atoms with Crippen LogP contribution in [0.3, 0.4) is 0 Å². The fourth-order valence-corrected chi connectivity index (χ4v) is 5.05. The molecule has 0 saturated carbocycles. The molecule has 0 bridgehead atoms. The van der Waals surface area contributed by atoms with Crippen LogP contribution in [-0.2, 0) is 11.2 Å². The molecule has 1 aromatic carbocycles. The van der Waals surface area contributed by atoms with Crippen LogP contribution in [0.5, 0.6) is 0 Å². The van der Waals surface area contributed by atoms with Crippen molar-refractivity contribution in [2.45, 2.75) is 32.2 Å². The molecule has 1 aliphatic rings. The Bertz CT molecular complexity index is 836. The third-order valence-corrected chi connectivity index (χ3v) is 6.58. The highest BCUT2D eigenvalue weighted by atomic mass is 32.1. The second kappa shape index (κ2) is 11.1. The number of amides is 1. The van der Waals surface area contributed by atoms with Crippen LogP contribution >= 0.6 is 11.3 Å². The second-order valence-corrected chi connectivity index (χ2v) is 8.73. The van der Waals surface area contributed by atoms with Gasteiger partial charge in [0.1, 0.15) is 0 Å². The molecule has 162 valence electrons. The average molecular weight is 428 g/mol. The number of benzene rings is 1. The lowest BCUT2D eigenvalue weighted by Gasteiger charge is -2.39. The van der Waals surface area contributed by atoms with E-state index in [1.54, 1.807) is 7.05 Å². The maximum Gasteiger partial charge on any atom is 0.243 e. The SMILES string of the molecule is CCc1cccc(NC(=O)CNC(=NC)NCC2CCCN(C)C2c2cccs2)c1. The third kappa shape index (κ3) is 6.06. The van der Waals surface area contributed by atoms with Gasteiger partial charge in [-0.25, -0.2) is 0 Å². The summed E-state index contributed by atoms with van der Waals surface area (Å²) in [5.41, 5.74) is 2.03. The molecule has 1 amide bonds. The normalized spacial score (nSPS) is 20.0. The van der Waals surface area contributed by atoms with E-state index in [0.717, 1.165) is 25.2 Å². The van der Waals surface area contributed by atoms with Crippen molar-refractivity contribution in [3.8, 4) is 0 Å². The van der Waals surface area contributed by atoms with Gasteiger partial charge >= 0.3 is 0 Å². The van der Waals surface area contributed by atoms with Crippen molar-refractivity contribution in [1.29, 1.82) is 0 Å². The van der Waals surface area contributed by atoms with Crippen LogP contribution < -0.4 is 16.0 Å². The van der Waals surface area contributed by atoms with Crippen LogP contribution in [0, 0.1) is 5.92 Å². The van der Waals surface area contributed by atoms with Crippen molar-refractivity contribution >= 4 is 28.9 Å². The molecule has 3 N–H and O–H groups in total. The summed E-state index contributed by atoms with van der Waals surface area (Å²) in [6, 6.07) is 12.7. The van der Waals surface area contributed by atoms with Crippen molar-refractivity contribution < 1.29 is 4.79 Å². The Balaban J connectivity index is 1.49. The molecular formula is C23H33N5OS. The molecular weight excluding hydrogens is 394 g/mol. The van der Waals surface area contributed by atoms with Crippen LogP contribution in [0.2, 0.25) is 0 Å². The zero-order chi connectivity index (χ0) is 21.3. The van der Waals surface area contributed by atoms with Gasteiger partial charge in [-0.1, -0.05) is 25.1 Å². The highest BCUT2D eigenvalue weighted by molar-refractivity contribution is 7.10. The minimum Gasteiger partial charge on any atom is -0.356 e. The summed E-state index contributed by atoms with van der Waals surface area (Å²) in [5, 5.41) is 11.7. The Hall–Kier alpha value is -2.38. The zero-order valence-electron chi connectivity index (χ0n) is 18.1. The van der Waals surface area contributed by atoms with Gasteiger partial charge in [0.05, 0.1) is 6.54 Å². The molecule has 7 heteroatoms. The molecule has 1 aliphatic heterocycles. The lowest BCUT2D eigenvalue weighted by Crippen LogP contribution is -2.46. The molecule has 2 atom stereocenters. The zero-order valence-corrected chi connectivity index (χ0v) is 19.0. The van der Waals surface area contributed by atoms with Crippen LogP contribution in [-0.4, -0.2) is 50.5 Å². The lowest BCUT2D eigenvalue weighted by atomic mass is 9.88. The Morgan fingerprint density at radius 3 is 2.87 bits per heavy atom. The van der Waals surface area contributed by atoms with Gasteiger partial charge in [-0.3, -0.25) is 14.7 Å². The third-order valence-electron chi connectivity index (χ3n) is 5.63. The number of piperidine rings is 1. The first kappa shape index (κ1) is 22.3. The van der Waals surface area contributed by atoms with Crippen LogP contribution in [0.15, 0.2) is 46.8 Å². The molecule has 3 rings (SSSR count). The number of thiophene rings is 1. The monoisotopic (exact) mass is 427 g/mol. The number of carbonyl (C=O) groups is 1. The van der Waals surface area contributed by atoms with Gasteiger partial charge in [0.2, 0.25) is 5.91 Å². The molecule has 2 unspecified atom stereocenters. The Morgan fingerprint density at radius 2 is 2.13 bits per heavy atom. The number of anilines is 1. The summed E-state index contributed by atoms with van der Waals surface area (Å²) in [6.45, 7) is 4.23. The van der Waals surface area contributed by atoms with E-state index in [1.165, 1.54) is 23.3 Å². The van der Waals surface area contributed by atoms with Crippen LogP contribution in [0.4, 0.5) is 5.69 Å². The summed E-state index contributed by atoms with van der Waals surface area (Å²) < 4.78 is 0. The maximum absolute atomic E-state index is 12.3. The van der Waals surface area contributed by atoms with Gasteiger partial charge in [-0.2, -0.15) is 0 Å². The number of nitrogens with zero attached hydrogens (tertiary/aromatic N) is 2. The van der Waals surface area contributed by atoms with E-state index in [1.807, 2.05) is 29.5 Å². The minimum absolute atomic E-state index is 0.0833. The molecule has 1 aromatic heterocycles. The largest absolute Gasteiger partial charge is 0.356 e. The predicted molar refractivity (Wildman–Crippen MR) is 126 cm³/mol. The average Bonchev–Trinajstić information content (AvgIpc) is 3.28. The number of hydrogen-bond donors (Lipinski definition) is 3. The van der Waals surface area contributed by atoms with Gasteiger partial charge in [0.15, 0.2) is 5.96 Å². The molecule has 6 nitrogen and oxygen atoms in total. The predicted octanol–water partition coefficient (Wildman–Crippen LogP) is 3.50. The molecule has 2 heterocycles. The van der Waals surface area contributed by atoms with E-state index in [-0.39, 0.29) is 12.5 Å². The molecule has 0 aliphatic carbocycles. The smallest absolute Gasteiger partial charge is 0.243 e. The van der Waals surface area contributed by atoms with Crippen molar-refractivity contribution in [3.63, 3.8) is 0 Å². The summed E-state index contributed by atoms with van der Waals surface area (Å²) in [6.07, 6.45) is 3.34. The van der Waals surface area contributed by atoms with Gasteiger partial charge in [-0.05, 0) is 67.9 Å². The second-order valence-electron chi connectivity index (χ2n) is 7.75. The number of guanidine groups is 1.